The quantitative estimate of drug-likeness (QED) is 0.813. The van der Waals surface area contributed by atoms with Crippen LogP contribution < -0.4 is 4.90 Å². The van der Waals surface area contributed by atoms with E-state index in [-0.39, 0.29) is 5.75 Å². The van der Waals surface area contributed by atoms with E-state index >= 15 is 0 Å². The summed E-state index contributed by atoms with van der Waals surface area (Å²) in [5.74, 6) is 0.268. The summed E-state index contributed by atoms with van der Waals surface area (Å²) in [6.07, 6.45) is 3.80. The van der Waals surface area contributed by atoms with Crippen LogP contribution in [0.15, 0.2) is 36.6 Å². The minimum absolute atomic E-state index is 0.268. The summed E-state index contributed by atoms with van der Waals surface area (Å²) < 4.78 is 0. The lowest BCUT2D eigenvalue weighted by molar-refractivity contribution is 0.475. The summed E-state index contributed by atoms with van der Waals surface area (Å²) in [5, 5.41) is 9.43. The molecule has 1 N–H and O–H groups in total. The number of benzene rings is 1. The molecule has 0 spiro atoms. The Morgan fingerprint density at radius 1 is 1.40 bits per heavy atom. The molecule has 1 aromatic carbocycles. The Labute approximate surface area is 91.2 Å². The van der Waals surface area contributed by atoms with E-state index < -0.39 is 0 Å². The van der Waals surface area contributed by atoms with Gasteiger partial charge in [-0.1, -0.05) is 18.2 Å². The minimum atomic E-state index is 0.268. The third-order valence-corrected chi connectivity index (χ3v) is 2.07. The monoisotopic (exact) mass is 203 g/mol. The van der Waals surface area contributed by atoms with Crippen molar-refractivity contribution in [2.45, 2.75) is 13.8 Å². The number of anilines is 1. The van der Waals surface area contributed by atoms with Crippen LogP contribution in [0, 0.1) is 0 Å². The molecule has 0 unspecified atom stereocenters. The molecule has 0 bridgehead atoms. The fourth-order valence-electron chi connectivity index (χ4n) is 1.47. The highest BCUT2D eigenvalue weighted by molar-refractivity contribution is 5.69. The van der Waals surface area contributed by atoms with Crippen molar-refractivity contribution in [1.29, 1.82) is 0 Å². The van der Waals surface area contributed by atoms with Gasteiger partial charge in [0, 0.05) is 19.3 Å². The molecular weight excluding hydrogens is 186 g/mol. The van der Waals surface area contributed by atoms with Crippen LogP contribution >= 0.6 is 0 Å². The second-order valence-electron chi connectivity index (χ2n) is 3.76. The summed E-state index contributed by atoms with van der Waals surface area (Å²) in [5.41, 5.74) is 3.16. The Bertz CT molecular complexity index is 390. The third kappa shape index (κ3) is 2.88. The van der Waals surface area contributed by atoms with Crippen molar-refractivity contribution in [1.82, 2.24) is 0 Å². The van der Waals surface area contributed by atoms with Crippen molar-refractivity contribution in [2.75, 3.05) is 11.9 Å². The summed E-state index contributed by atoms with van der Waals surface area (Å²) in [7, 11) is 1.95. The Morgan fingerprint density at radius 3 is 2.60 bits per heavy atom. The van der Waals surface area contributed by atoms with Gasteiger partial charge in [0.25, 0.3) is 0 Å². The molecule has 2 heteroatoms. The average molecular weight is 203 g/mol. The highest BCUT2D eigenvalue weighted by Crippen LogP contribution is 2.26. The van der Waals surface area contributed by atoms with Crippen LogP contribution in [0.2, 0.25) is 0 Å². The van der Waals surface area contributed by atoms with Gasteiger partial charge in [-0.2, -0.15) is 0 Å². The Kier molecular flexibility index (Phi) is 3.56. The Morgan fingerprint density at radius 2 is 2.07 bits per heavy atom. The van der Waals surface area contributed by atoms with Crippen molar-refractivity contribution >= 4 is 11.8 Å². The van der Waals surface area contributed by atoms with Gasteiger partial charge < -0.3 is 10.0 Å². The van der Waals surface area contributed by atoms with E-state index in [4.69, 9.17) is 0 Å². The van der Waals surface area contributed by atoms with Crippen LogP contribution in [0.4, 0.5) is 5.69 Å². The zero-order valence-electron chi connectivity index (χ0n) is 9.49. The smallest absolute Gasteiger partial charge is 0.117 e. The van der Waals surface area contributed by atoms with Crippen LogP contribution in [0.25, 0.3) is 6.08 Å². The maximum absolute atomic E-state index is 9.43. The number of allylic oxidation sites excluding steroid dienone is 1. The van der Waals surface area contributed by atoms with Gasteiger partial charge in [-0.05, 0) is 31.5 Å². The largest absolute Gasteiger partial charge is 0.508 e. The number of phenolic OH excluding ortho intramolecular Hbond substituents is 1. The Balaban J connectivity index is 3.16. The lowest BCUT2D eigenvalue weighted by atomic mass is 10.1. The number of phenols is 1. The van der Waals surface area contributed by atoms with E-state index in [2.05, 4.69) is 6.58 Å². The van der Waals surface area contributed by atoms with Crippen LogP contribution in [0.5, 0.6) is 5.75 Å². The van der Waals surface area contributed by atoms with Crippen molar-refractivity contribution < 1.29 is 5.11 Å². The first-order valence-corrected chi connectivity index (χ1v) is 4.88. The Hall–Kier alpha value is -1.70. The van der Waals surface area contributed by atoms with E-state index in [0.717, 1.165) is 11.3 Å². The molecule has 15 heavy (non-hydrogen) atoms. The second kappa shape index (κ2) is 4.69. The van der Waals surface area contributed by atoms with E-state index in [1.807, 2.05) is 38.1 Å². The number of aromatic hydroxyl groups is 1. The molecule has 0 aliphatic carbocycles. The van der Waals surface area contributed by atoms with Gasteiger partial charge in [-0.3, -0.25) is 0 Å². The number of hydrogen-bond donors (Lipinski definition) is 1. The first-order valence-electron chi connectivity index (χ1n) is 4.88. The lowest BCUT2D eigenvalue weighted by Gasteiger charge is -2.18. The maximum atomic E-state index is 9.43. The van der Waals surface area contributed by atoms with E-state index in [1.54, 1.807) is 18.2 Å². The lowest BCUT2D eigenvalue weighted by Crippen LogP contribution is -2.09. The fraction of sp³-hybridized carbons (Fsp3) is 0.231. The van der Waals surface area contributed by atoms with Crippen molar-refractivity contribution in [2.24, 2.45) is 0 Å². The molecule has 1 rings (SSSR count). The highest BCUT2D eigenvalue weighted by atomic mass is 16.3. The van der Waals surface area contributed by atoms with Crippen molar-refractivity contribution in [3.63, 3.8) is 0 Å². The molecule has 0 radical (unpaired) electrons. The highest BCUT2D eigenvalue weighted by Gasteiger charge is 2.04. The van der Waals surface area contributed by atoms with Crippen LogP contribution in [-0.4, -0.2) is 12.2 Å². The number of hydrogen-bond acceptors (Lipinski definition) is 2. The van der Waals surface area contributed by atoms with Gasteiger partial charge in [0.2, 0.25) is 0 Å². The normalized spacial score (nSPS) is 9.53. The first-order chi connectivity index (χ1) is 7.04. The summed E-state index contributed by atoms with van der Waals surface area (Å²) in [6, 6.07) is 5.25. The van der Waals surface area contributed by atoms with E-state index in [0.29, 0.717) is 0 Å². The molecule has 2 nitrogen and oxygen atoms in total. The summed E-state index contributed by atoms with van der Waals surface area (Å²) in [4.78, 5) is 1.98. The maximum Gasteiger partial charge on any atom is 0.117 e. The van der Waals surface area contributed by atoms with Gasteiger partial charge in [0.05, 0.1) is 5.69 Å². The van der Waals surface area contributed by atoms with Crippen LogP contribution in [0.3, 0.4) is 0 Å². The predicted molar refractivity (Wildman–Crippen MR) is 66.0 cm³/mol. The van der Waals surface area contributed by atoms with Crippen molar-refractivity contribution in [3.8, 4) is 5.75 Å². The average Bonchev–Trinajstić information content (AvgIpc) is 2.16. The van der Waals surface area contributed by atoms with E-state index in [1.165, 1.54) is 5.57 Å². The molecule has 80 valence electrons. The molecule has 0 aliphatic rings. The molecule has 0 saturated heterocycles. The van der Waals surface area contributed by atoms with Crippen molar-refractivity contribution in [3.05, 3.63) is 42.1 Å². The van der Waals surface area contributed by atoms with Crippen LogP contribution in [-0.2, 0) is 0 Å². The topological polar surface area (TPSA) is 23.5 Å². The van der Waals surface area contributed by atoms with Gasteiger partial charge in [-0.25, -0.2) is 0 Å². The van der Waals surface area contributed by atoms with Gasteiger partial charge in [-0.15, -0.1) is 0 Å². The standard InChI is InChI=1S/C13H17NO/c1-5-11-6-7-12(15)8-13(11)14(4)9-10(2)3/h5-9,15H,1H2,2-4H3. The van der Waals surface area contributed by atoms with Gasteiger partial charge in [0.15, 0.2) is 0 Å². The van der Waals surface area contributed by atoms with Crippen LogP contribution in [0.1, 0.15) is 19.4 Å². The molecule has 0 fully saturated rings. The third-order valence-electron chi connectivity index (χ3n) is 2.07. The molecular formula is C13H17NO. The van der Waals surface area contributed by atoms with Gasteiger partial charge in [0.1, 0.15) is 5.75 Å². The predicted octanol–water partition coefficient (Wildman–Crippen LogP) is 3.40. The second-order valence-corrected chi connectivity index (χ2v) is 3.76. The first kappa shape index (κ1) is 11.4. The number of nitrogens with zero attached hydrogens (tertiary/aromatic N) is 1. The molecule has 1 aromatic rings. The van der Waals surface area contributed by atoms with E-state index in [9.17, 15) is 5.11 Å². The van der Waals surface area contributed by atoms with Gasteiger partial charge >= 0.3 is 0 Å². The zero-order chi connectivity index (χ0) is 11.4. The molecule has 0 heterocycles. The summed E-state index contributed by atoms with van der Waals surface area (Å²) in [6.45, 7) is 7.82. The molecule has 0 aliphatic heterocycles. The SMILES string of the molecule is C=Cc1ccc(O)cc1N(C)C=C(C)C. The summed E-state index contributed by atoms with van der Waals surface area (Å²) >= 11 is 0. The minimum Gasteiger partial charge on any atom is -0.508 e. The fourth-order valence-corrected chi connectivity index (χ4v) is 1.47. The molecule has 0 amide bonds. The molecule has 0 atom stereocenters. The molecule has 0 aromatic heterocycles. The zero-order valence-corrected chi connectivity index (χ0v) is 9.49. The molecule has 0 saturated carbocycles. The number of rotatable bonds is 3.